The molecule has 0 fully saturated rings. The number of allylic oxidation sites excluding steroid dienone is 3. The summed E-state index contributed by atoms with van der Waals surface area (Å²) in [7, 11) is 0. The van der Waals surface area contributed by atoms with Crippen LogP contribution in [0.2, 0.25) is 0 Å². The smallest absolute Gasteiger partial charge is 0.0419 e. The van der Waals surface area contributed by atoms with Crippen molar-refractivity contribution < 1.29 is 0 Å². The normalized spacial score (nSPS) is 36.8. The molecule has 4 rings (SSSR count). The second-order valence-electron chi connectivity index (χ2n) is 5.57. The van der Waals surface area contributed by atoms with Gasteiger partial charge >= 0.3 is 0 Å². The fourth-order valence-electron chi connectivity index (χ4n) is 3.07. The number of fused-ring (bicyclic) bond motifs is 3. The monoisotopic (exact) mass is 225 g/mol. The molecule has 1 unspecified atom stereocenters. The van der Waals surface area contributed by atoms with Crippen LogP contribution in [0.3, 0.4) is 0 Å². The van der Waals surface area contributed by atoms with Gasteiger partial charge in [0.25, 0.3) is 0 Å². The van der Waals surface area contributed by atoms with E-state index in [1.54, 1.807) is 0 Å². The predicted octanol–water partition coefficient (Wildman–Crippen LogP) is 3.48. The third-order valence-corrected chi connectivity index (χ3v) is 4.37. The highest BCUT2D eigenvalue weighted by Gasteiger charge is 2.38. The van der Waals surface area contributed by atoms with Gasteiger partial charge in [-0.25, -0.2) is 0 Å². The van der Waals surface area contributed by atoms with E-state index >= 15 is 0 Å². The first-order valence-electron chi connectivity index (χ1n) is 6.35. The minimum atomic E-state index is 0.204. The van der Waals surface area contributed by atoms with Gasteiger partial charge in [-0.3, -0.25) is 0 Å². The van der Waals surface area contributed by atoms with Crippen molar-refractivity contribution in [2.75, 3.05) is 6.54 Å². The van der Waals surface area contributed by atoms with Gasteiger partial charge < -0.3 is 5.32 Å². The Morgan fingerprint density at radius 1 is 1.29 bits per heavy atom. The van der Waals surface area contributed by atoms with Crippen molar-refractivity contribution in [2.45, 2.75) is 26.2 Å². The SMILES string of the molecule is CC1=C/C(C)[C@@]2(C)CN/C(=C\1)c1ccccc12. The molecule has 1 N–H and O–H groups in total. The maximum atomic E-state index is 3.60. The number of hydrogen-bond acceptors (Lipinski definition) is 1. The Hall–Kier alpha value is -1.50. The van der Waals surface area contributed by atoms with Crippen LogP contribution in [-0.4, -0.2) is 6.54 Å². The molecule has 2 atom stereocenters. The second kappa shape index (κ2) is 3.49. The molecule has 1 heteroatoms. The van der Waals surface area contributed by atoms with Crippen LogP contribution in [0.5, 0.6) is 0 Å². The van der Waals surface area contributed by atoms with E-state index in [0.717, 1.165) is 6.54 Å². The number of benzene rings is 1. The average Bonchev–Trinajstić information content (AvgIpc) is 2.32. The maximum absolute atomic E-state index is 3.60. The first-order valence-corrected chi connectivity index (χ1v) is 6.35. The van der Waals surface area contributed by atoms with Gasteiger partial charge in [-0.1, -0.05) is 49.8 Å². The Bertz CT molecular complexity index is 524. The summed E-state index contributed by atoms with van der Waals surface area (Å²) < 4.78 is 0. The molecule has 0 spiro atoms. The lowest BCUT2D eigenvalue weighted by Crippen LogP contribution is -2.45. The standard InChI is InChI=1S/C16H19N/c1-11-8-12(2)16(3)10-17-15(9-11)13-6-4-5-7-14(13)16/h4-9,12,17H,10H2,1-3H3/b11-8-,15-9-/t12?,16-/m1/s1. The zero-order valence-electron chi connectivity index (χ0n) is 10.7. The zero-order chi connectivity index (χ0) is 12.0. The Morgan fingerprint density at radius 2 is 2.06 bits per heavy atom. The lowest BCUT2D eigenvalue weighted by molar-refractivity contribution is 0.353. The summed E-state index contributed by atoms with van der Waals surface area (Å²) in [5.74, 6) is 0.550. The molecule has 0 aromatic heterocycles. The molecule has 2 bridgehead atoms. The largest absolute Gasteiger partial charge is 0.384 e. The number of rotatable bonds is 0. The van der Waals surface area contributed by atoms with Crippen molar-refractivity contribution in [1.82, 2.24) is 5.32 Å². The lowest BCUT2D eigenvalue weighted by atomic mass is 9.67. The van der Waals surface area contributed by atoms with Crippen LogP contribution >= 0.6 is 0 Å². The highest BCUT2D eigenvalue weighted by atomic mass is 14.9. The molecule has 1 nitrogen and oxygen atoms in total. The van der Waals surface area contributed by atoms with E-state index in [1.807, 2.05) is 0 Å². The molecule has 1 aliphatic carbocycles. The predicted molar refractivity (Wildman–Crippen MR) is 72.7 cm³/mol. The zero-order valence-corrected chi connectivity index (χ0v) is 10.7. The molecule has 1 aromatic rings. The minimum absolute atomic E-state index is 0.204. The molecule has 0 amide bonds. The molecule has 0 radical (unpaired) electrons. The quantitative estimate of drug-likeness (QED) is 0.712. The summed E-state index contributed by atoms with van der Waals surface area (Å²) in [5.41, 5.74) is 5.70. The molecule has 17 heavy (non-hydrogen) atoms. The first-order chi connectivity index (χ1) is 8.11. The van der Waals surface area contributed by atoms with Gasteiger partial charge in [0.05, 0.1) is 0 Å². The third-order valence-electron chi connectivity index (χ3n) is 4.37. The Morgan fingerprint density at radius 3 is 2.88 bits per heavy atom. The van der Waals surface area contributed by atoms with Crippen LogP contribution in [0, 0.1) is 5.92 Å². The van der Waals surface area contributed by atoms with Crippen LogP contribution in [0.15, 0.2) is 42.0 Å². The minimum Gasteiger partial charge on any atom is -0.384 e. The molecule has 0 saturated carbocycles. The van der Waals surface area contributed by atoms with Gasteiger partial charge in [0.15, 0.2) is 0 Å². The highest BCUT2D eigenvalue weighted by molar-refractivity contribution is 5.73. The molecule has 2 heterocycles. The van der Waals surface area contributed by atoms with E-state index in [0.29, 0.717) is 5.92 Å². The van der Waals surface area contributed by atoms with Gasteiger partial charge in [0.1, 0.15) is 0 Å². The Labute approximate surface area is 103 Å². The van der Waals surface area contributed by atoms with Crippen LogP contribution in [-0.2, 0) is 5.41 Å². The van der Waals surface area contributed by atoms with Crippen LogP contribution in [0.25, 0.3) is 5.70 Å². The molecule has 2 aliphatic heterocycles. The number of nitrogens with one attached hydrogen (secondary N) is 1. The summed E-state index contributed by atoms with van der Waals surface area (Å²) in [5, 5.41) is 3.60. The van der Waals surface area contributed by atoms with Crippen LogP contribution < -0.4 is 5.32 Å². The Balaban J connectivity index is 2.32. The summed E-state index contributed by atoms with van der Waals surface area (Å²) >= 11 is 0. The van der Waals surface area contributed by atoms with Gasteiger partial charge in [0.2, 0.25) is 0 Å². The summed E-state index contributed by atoms with van der Waals surface area (Å²) in [6.07, 6.45) is 4.67. The van der Waals surface area contributed by atoms with E-state index in [2.05, 4.69) is 62.5 Å². The third kappa shape index (κ3) is 1.45. The Kier molecular flexibility index (Phi) is 2.19. The van der Waals surface area contributed by atoms with E-state index in [9.17, 15) is 0 Å². The van der Waals surface area contributed by atoms with E-state index in [1.165, 1.54) is 22.4 Å². The van der Waals surface area contributed by atoms with E-state index in [-0.39, 0.29) is 5.41 Å². The lowest BCUT2D eigenvalue weighted by Gasteiger charge is -2.43. The maximum Gasteiger partial charge on any atom is 0.0419 e. The first kappa shape index (κ1) is 10.6. The highest BCUT2D eigenvalue weighted by Crippen LogP contribution is 2.42. The summed E-state index contributed by atoms with van der Waals surface area (Å²) in [6, 6.07) is 8.81. The summed E-state index contributed by atoms with van der Waals surface area (Å²) in [6.45, 7) is 7.92. The molecule has 3 aliphatic rings. The fourth-order valence-corrected chi connectivity index (χ4v) is 3.07. The average molecular weight is 225 g/mol. The van der Waals surface area contributed by atoms with Crippen molar-refractivity contribution in [3.8, 4) is 0 Å². The van der Waals surface area contributed by atoms with Crippen molar-refractivity contribution in [2.24, 2.45) is 5.92 Å². The van der Waals surface area contributed by atoms with Crippen molar-refractivity contribution in [1.29, 1.82) is 0 Å². The fraction of sp³-hybridized carbons (Fsp3) is 0.375. The van der Waals surface area contributed by atoms with Gasteiger partial charge in [-0.05, 0) is 24.5 Å². The molecular formula is C16H19N. The molecular weight excluding hydrogens is 206 g/mol. The molecule has 88 valence electrons. The topological polar surface area (TPSA) is 12.0 Å². The summed E-state index contributed by atoms with van der Waals surface area (Å²) in [4.78, 5) is 0. The van der Waals surface area contributed by atoms with Gasteiger partial charge in [0, 0.05) is 23.2 Å². The van der Waals surface area contributed by atoms with E-state index < -0.39 is 0 Å². The number of hydrogen-bond donors (Lipinski definition) is 1. The van der Waals surface area contributed by atoms with Crippen LogP contribution in [0.1, 0.15) is 31.9 Å². The van der Waals surface area contributed by atoms with Crippen molar-refractivity contribution >= 4 is 5.70 Å². The van der Waals surface area contributed by atoms with E-state index in [4.69, 9.17) is 0 Å². The van der Waals surface area contributed by atoms with Crippen molar-refractivity contribution in [3.63, 3.8) is 0 Å². The van der Waals surface area contributed by atoms with Crippen LogP contribution in [0.4, 0.5) is 0 Å². The van der Waals surface area contributed by atoms with Gasteiger partial charge in [-0.15, -0.1) is 0 Å². The van der Waals surface area contributed by atoms with Gasteiger partial charge in [-0.2, -0.15) is 0 Å². The molecule has 1 aromatic carbocycles. The van der Waals surface area contributed by atoms with Crippen molar-refractivity contribution in [3.05, 3.63) is 53.1 Å². The second-order valence-corrected chi connectivity index (χ2v) is 5.57. The molecule has 0 saturated heterocycles.